The van der Waals surface area contributed by atoms with Gasteiger partial charge in [0.05, 0.1) is 6.04 Å². The topological polar surface area (TPSA) is 46.6 Å². The number of hydrogen-bond donors (Lipinski definition) is 0. The van der Waals surface area contributed by atoms with E-state index in [1.54, 1.807) is 0 Å². The first-order valence-electron chi connectivity index (χ1n) is 8.12. The molecular formula is C18H25NO3. The molecule has 4 heteroatoms. The summed E-state index contributed by atoms with van der Waals surface area (Å²) in [6.45, 7) is 6.16. The molecule has 0 saturated carbocycles. The molecule has 0 aliphatic carbocycles. The smallest absolute Gasteiger partial charge is 0.417 e. The Kier molecular flexibility index (Phi) is 5.58. The van der Waals surface area contributed by atoms with E-state index in [9.17, 15) is 9.59 Å². The Balaban J connectivity index is 1.99. The maximum atomic E-state index is 12.4. The Hall–Kier alpha value is -1.84. The van der Waals surface area contributed by atoms with E-state index in [-0.39, 0.29) is 18.1 Å². The molecule has 4 nitrogen and oxygen atoms in total. The lowest BCUT2D eigenvalue weighted by Crippen LogP contribution is -2.37. The van der Waals surface area contributed by atoms with Gasteiger partial charge in [-0.3, -0.25) is 4.79 Å². The SMILES string of the molecule is CCCC(C)CCC(=O)N1C(=O)O[C@@H](c2ccccc2)[C@H]1C. The highest BCUT2D eigenvalue weighted by molar-refractivity contribution is 5.93. The molecule has 1 aliphatic heterocycles. The number of imide groups is 1. The van der Waals surface area contributed by atoms with Crippen LogP contribution in [0.3, 0.4) is 0 Å². The Labute approximate surface area is 132 Å². The lowest BCUT2D eigenvalue weighted by atomic mass is 9.99. The first-order chi connectivity index (χ1) is 10.5. The van der Waals surface area contributed by atoms with Crippen molar-refractivity contribution in [2.24, 2.45) is 5.92 Å². The second-order valence-corrected chi connectivity index (χ2v) is 6.15. The fourth-order valence-electron chi connectivity index (χ4n) is 3.01. The zero-order valence-electron chi connectivity index (χ0n) is 13.6. The largest absolute Gasteiger partial charge is 0.439 e. The minimum absolute atomic E-state index is 0.126. The highest BCUT2D eigenvalue weighted by Crippen LogP contribution is 2.33. The number of nitrogens with zero attached hydrogens (tertiary/aromatic N) is 1. The molecule has 1 aromatic rings. The summed E-state index contributed by atoms with van der Waals surface area (Å²) in [5.74, 6) is 0.381. The van der Waals surface area contributed by atoms with E-state index in [2.05, 4.69) is 13.8 Å². The van der Waals surface area contributed by atoms with E-state index in [0.717, 1.165) is 24.8 Å². The van der Waals surface area contributed by atoms with Crippen LogP contribution >= 0.6 is 0 Å². The van der Waals surface area contributed by atoms with E-state index >= 15 is 0 Å². The maximum Gasteiger partial charge on any atom is 0.417 e. The van der Waals surface area contributed by atoms with Gasteiger partial charge in [-0.15, -0.1) is 0 Å². The van der Waals surface area contributed by atoms with Gasteiger partial charge in [-0.1, -0.05) is 57.0 Å². The number of benzene rings is 1. The zero-order chi connectivity index (χ0) is 16.1. The van der Waals surface area contributed by atoms with Gasteiger partial charge in [0.2, 0.25) is 5.91 Å². The number of cyclic esters (lactones) is 1. The van der Waals surface area contributed by atoms with Crippen LogP contribution in [0.5, 0.6) is 0 Å². The van der Waals surface area contributed by atoms with Gasteiger partial charge in [-0.25, -0.2) is 9.69 Å². The minimum atomic E-state index is -0.519. The summed E-state index contributed by atoms with van der Waals surface area (Å²) in [6, 6.07) is 9.32. The van der Waals surface area contributed by atoms with E-state index in [0.29, 0.717) is 12.3 Å². The summed E-state index contributed by atoms with van der Waals surface area (Å²) >= 11 is 0. The van der Waals surface area contributed by atoms with Gasteiger partial charge in [-0.2, -0.15) is 0 Å². The molecule has 0 bridgehead atoms. The third-order valence-electron chi connectivity index (χ3n) is 4.30. The molecular weight excluding hydrogens is 278 g/mol. The van der Waals surface area contributed by atoms with Gasteiger partial charge in [0.1, 0.15) is 6.10 Å². The monoisotopic (exact) mass is 303 g/mol. The Bertz CT molecular complexity index is 514. The molecule has 1 aromatic carbocycles. The van der Waals surface area contributed by atoms with E-state index < -0.39 is 6.09 Å². The third kappa shape index (κ3) is 3.67. The lowest BCUT2D eigenvalue weighted by Gasteiger charge is -2.20. The van der Waals surface area contributed by atoms with Crippen LogP contribution in [-0.2, 0) is 9.53 Å². The highest BCUT2D eigenvalue weighted by atomic mass is 16.6. The Morgan fingerprint density at radius 3 is 2.59 bits per heavy atom. The predicted molar refractivity (Wildman–Crippen MR) is 85.3 cm³/mol. The summed E-state index contributed by atoms with van der Waals surface area (Å²) in [5.41, 5.74) is 0.929. The van der Waals surface area contributed by atoms with Crippen LogP contribution in [0.1, 0.15) is 58.1 Å². The molecule has 0 radical (unpaired) electrons. The predicted octanol–water partition coefficient (Wildman–Crippen LogP) is 4.31. The molecule has 1 saturated heterocycles. The van der Waals surface area contributed by atoms with Crippen LogP contribution in [-0.4, -0.2) is 22.9 Å². The van der Waals surface area contributed by atoms with Gasteiger partial charge < -0.3 is 4.74 Å². The van der Waals surface area contributed by atoms with Crippen LogP contribution in [0.4, 0.5) is 4.79 Å². The van der Waals surface area contributed by atoms with Crippen LogP contribution in [0.25, 0.3) is 0 Å². The summed E-state index contributed by atoms with van der Waals surface area (Å²) in [7, 11) is 0. The zero-order valence-corrected chi connectivity index (χ0v) is 13.6. The summed E-state index contributed by atoms with van der Waals surface area (Å²) in [6.07, 6.45) is 2.56. The molecule has 1 aliphatic rings. The van der Waals surface area contributed by atoms with E-state index in [1.807, 2.05) is 37.3 Å². The van der Waals surface area contributed by atoms with Crippen LogP contribution < -0.4 is 0 Å². The van der Waals surface area contributed by atoms with Crippen molar-refractivity contribution < 1.29 is 14.3 Å². The normalized spacial score (nSPS) is 22.5. The molecule has 0 aromatic heterocycles. The van der Waals surface area contributed by atoms with Crippen molar-refractivity contribution in [3.05, 3.63) is 35.9 Å². The number of ether oxygens (including phenoxy) is 1. The fraction of sp³-hybridized carbons (Fsp3) is 0.556. The molecule has 120 valence electrons. The summed E-state index contributed by atoms with van der Waals surface area (Å²) < 4.78 is 5.41. The van der Waals surface area contributed by atoms with Crippen molar-refractivity contribution in [3.63, 3.8) is 0 Å². The molecule has 2 rings (SSSR count). The average molecular weight is 303 g/mol. The number of amides is 2. The Morgan fingerprint density at radius 1 is 1.27 bits per heavy atom. The van der Waals surface area contributed by atoms with Crippen molar-refractivity contribution in [3.8, 4) is 0 Å². The van der Waals surface area contributed by atoms with Crippen molar-refractivity contribution >= 4 is 12.0 Å². The van der Waals surface area contributed by atoms with Crippen molar-refractivity contribution in [1.29, 1.82) is 0 Å². The van der Waals surface area contributed by atoms with Gasteiger partial charge >= 0.3 is 6.09 Å². The fourth-order valence-corrected chi connectivity index (χ4v) is 3.01. The van der Waals surface area contributed by atoms with Gasteiger partial charge in [0.25, 0.3) is 0 Å². The average Bonchev–Trinajstić information content (AvgIpc) is 2.81. The van der Waals surface area contributed by atoms with Crippen molar-refractivity contribution in [1.82, 2.24) is 4.90 Å². The number of hydrogen-bond acceptors (Lipinski definition) is 3. The van der Waals surface area contributed by atoms with Crippen LogP contribution in [0.2, 0.25) is 0 Å². The summed E-state index contributed by atoms with van der Waals surface area (Å²) in [5, 5.41) is 0. The molecule has 1 unspecified atom stereocenters. The maximum absolute atomic E-state index is 12.4. The van der Waals surface area contributed by atoms with Gasteiger partial charge in [-0.05, 0) is 24.8 Å². The second kappa shape index (κ2) is 7.43. The minimum Gasteiger partial charge on any atom is -0.439 e. The number of rotatable bonds is 6. The molecule has 0 N–H and O–H groups in total. The van der Waals surface area contributed by atoms with Crippen molar-refractivity contribution in [2.75, 3.05) is 0 Å². The molecule has 1 fully saturated rings. The third-order valence-corrected chi connectivity index (χ3v) is 4.30. The van der Waals surface area contributed by atoms with E-state index in [4.69, 9.17) is 4.74 Å². The van der Waals surface area contributed by atoms with Crippen LogP contribution in [0, 0.1) is 5.92 Å². The summed E-state index contributed by atoms with van der Waals surface area (Å²) in [4.78, 5) is 25.7. The van der Waals surface area contributed by atoms with Crippen molar-refractivity contribution in [2.45, 2.75) is 58.6 Å². The molecule has 3 atom stereocenters. The lowest BCUT2D eigenvalue weighted by molar-refractivity contribution is -0.129. The van der Waals surface area contributed by atoms with Gasteiger partial charge in [0.15, 0.2) is 0 Å². The number of carbonyl (C=O) groups is 2. The first kappa shape index (κ1) is 16.5. The quantitative estimate of drug-likeness (QED) is 0.786. The molecule has 2 amide bonds. The van der Waals surface area contributed by atoms with E-state index in [1.165, 1.54) is 4.90 Å². The number of carbonyl (C=O) groups excluding carboxylic acids is 2. The second-order valence-electron chi connectivity index (χ2n) is 6.15. The standard InChI is InChI=1S/C18H25NO3/c1-4-8-13(2)11-12-16(20)19-14(3)17(22-18(19)21)15-9-6-5-7-10-15/h5-7,9-10,13-14,17H,4,8,11-12H2,1-3H3/t13?,14-,17-/m1/s1. The molecule has 1 heterocycles. The van der Waals surface area contributed by atoms with Crippen LogP contribution in [0.15, 0.2) is 30.3 Å². The Morgan fingerprint density at radius 2 is 1.95 bits per heavy atom. The molecule has 22 heavy (non-hydrogen) atoms. The highest BCUT2D eigenvalue weighted by Gasteiger charge is 2.42. The first-order valence-corrected chi connectivity index (χ1v) is 8.12. The van der Waals surface area contributed by atoms with Gasteiger partial charge in [0, 0.05) is 6.42 Å². The molecule has 0 spiro atoms.